The molecule has 8 nitrogen and oxygen atoms in total. The summed E-state index contributed by atoms with van der Waals surface area (Å²) in [5, 5.41) is 16.3. The van der Waals surface area contributed by atoms with Crippen molar-refractivity contribution in [2.24, 2.45) is 4.99 Å². The smallest absolute Gasteiger partial charge is 0.293 e. The summed E-state index contributed by atoms with van der Waals surface area (Å²) < 4.78 is 0. The van der Waals surface area contributed by atoms with Crippen LogP contribution in [0.1, 0.15) is 17.5 Å². The van der Waals surface area contributed by atoms with E-state index in [1.165, 1.54) is 23.9 Å². The second-order valence-electron chi connectivity index (χ2n) is 6.55. The molecule has 0 saturated carbocycles. The van der Waals surface area contributed by atoms with Crippen LogP contribution in [0, 0.1) is 17.0 Å². The predicted molar refractivity (Wildman–Crippen MR) is 113 cm³/mol. The van der Waals surface area contributed by atoms with Crippen molar-refractivity contribution in [2.45, 2.75) is 25.0 Å². The number of aryl methyl sites for hydroxylation is 1. The van der Waals surface area contributed by atoms with Crippen LogP contribution >= 0.6 is 11.8 Å². The van der Waals surface area contributed by atoms with Gasteiger partial charge in [0.15, 0.2) is 5.17 Å². The number of thioether (sulfide) groups is 1. The maximum Gasteiger partial charge on any atom is 0.293 e. The van der Waals surface area contributed by atoms with Gasteiger partial charge in [0.05, 0.1) is 4.92 Å². The van der Waals surface area contributed by atoms with Crippen LogP contribution in [-0.2, 0) is 16.0 Å². The van der Waals surface area contributed by atoms with Crippen LogP contribution in [-0.4, -0.2) is 33.7 Å². The highest BCUT2D eigenvalue weighted by Gasteiger charge is 2.32. The second kappa shape index (κ2) is 9.33. The Morgan fingerprint density at radius 3 is 2.76 bits per heavy atom. The zero-order valence-electron chi connectivity index (χ0n) is 15.8. The molecule has 2 amide bonds. The number of nitro groups is 1. The van der Waals surface area contributed by atoms with Gasteiger partial charge in [-0.1, -0.05) is 48.2 Å². The van der Waals surface area contributed by atoms with Crippen LogP contribution in [0.5, 0.6) is 0 Å². The van der Waals surface area contributed by atoms with Gasteiger partial charge in [0, 0.05) is 19.0 Å². The lowest BCUT2D eigenvalue weighted by Crippen LogP contribution is -2.28. The number of rotatable bonds is 7. The fraction of sp³-hybridized carbons (Fsp3) is 0.250. The standard InChI is InChI=1S/C20H20N4O4S/c1-13-7-8-15(16(11-13)24(27)28)22-18(25)12-17-19(26)23-20(29-17)21-10-9-14-5-3-2-4-6-14/h2-8,11,17H,9-10,12H2,1H3,(H,22,25)(H,21,23,26)/t17-/m1/s1. The van der Waals surface area contributed by atoms with E-state index in [0.29, 0.717) is 11.7 Å². The van der Waals surface area contributed by atoms with Crippen LogP contribution in [0.2, 0.25) is 0 Å². The molecule has 2 aromatic carbocycles. The minimum Gasteiger partial charge on any atom is -0.320 e. The Kier molecular flexibility index (Phi) is 6.61. The second-order valence-corrected chi connectivity index (χ2v) is 7.74. The third kappa shape index (κ3) is 5.64. The van der Waals surface area contributed by atoms with E-state index in [1.807, 2.05) is 30.3 Å². The topological polar surface area (TPSA) is 114 Å². The average Bonchev–Trinajstić information content (AvgIpc) is 3.03. The van der Waals surface area contributed by atoms with Gasteiger partial charge in [0.25, 0.3) is 5.69 Å². The zero-order chi connectivity index (χ0) is 20.8. The number of carbonyl (C=O) groups is 2. The summed E-state index contributed by atoms with van der Waals surface area (Å²) in [5.74, 6) is -0.753. The van der Waals surface area contributed by atoms with Crippen molar-refractivity contribution < 1.29 is 14.5 Å². The van der Waals surface area contributed by atoms with E-state index in [0.717, 1.165) is 17.5 Å². The Morgan fingerprint density at radius 1 is 1.28 bits per heavy atom. The Hall–Kier alpha value is -3.20. The van der Waals surface area contributed by atoms with Gasteiger partial charge in [-0.15, -0.1) is 0 Å². The highest BCUT2D eigenvalue weighted by Crippen LogP contribution is 2.27. The molecule has 3 rings (SSSR count). The van der Waals surface area contributed by atoms with Gasteiger partial charge in [-0.3, -0.25) is 24.7 Å². The molecule has 0 spiro atoms. The molecule has 1 aliphatic heterocycles. The lowest BCUT2D eigenvalue weighted by molar-refractivity contribution is -0.384. The number of nitrogens with one attached hydrogen (secondary N) is 2. The van der Waals surface area contributed by atoms with E-state index in [1.54, 1.807) is 13.0 Å². The SMILES string of the molecule is Cc1ccc(NC(=O)C[C@H]2SC(=NCCc3ccccc3)NC2=O)c([N+](=O)[O-])c1. The van der Waals surface area contributed by atoms with Gasteiger partial charge < -0.3 is 10.6 Å². The Morgan fingerprint density at radius 2 is 2.03 bits per heavy atom. The molecule has 2 N–H and O–H groups in total. The highest BCUT2D eigenvalue weighted by atomic mass is 32.2. The van der Waals surface area contributed by atoms with Gasteiger partial charge in [0.2, 0.25) is 11.8 Å². The fourth-order valence-electron chi connectivity index (χ4n) is 2.81. The van der Waals surface area contributed by atoms with Crippen LogP contribution < -0.4 is 10.6 Å². The minimum absolute atomic E-state index is 0.0980. The van der Waals surface area contributed by atoms with Crippen LogP contribution in [0.15, 0.2) is 53.5 Å². The fourth-order valence-corrected chi connectivity index (χ4v) is 3.81. The molecule has 1 saturated heterocycles. The molecule has 0 unspecified atom stereocenters. The summed E-state index contributed by atoms with van der Waals surface area (Å²) in [6.07, 6.45) is 0.655. The highest BCUT2D eigenvalue weighted by molar-refractivity contribution is 8.15. The third-order valence-corrected chi connectivity index (χ3v) is 5.39. The molecule has 1 heterocycles. The number of anilines is 1. The average molecular weight is 412 g/mol. The van der Waals surface area contributed by atoms with Crippen molar-refractivity contribution in [1.82, 2.24) is 5.32 Å². The first kappa shape index (κ1) is 20.5. The summed E-state index contributed by atoms with van der Waals surface area (Å²) >= 11 is 1.20. The monoisotopic (exact) mass is 412 g/mol. The first-order valence-electron chi connectivity index (χ1n) is 9.03. The minimum atomic E-state index is -0.616. The van der Waals surface area contributed by atoms with Gasteiger partial charge in [0.1, 0.15) is 10.9 Å². The van der Waals surface area contributed by atoms with Crippen molar-refractivity contribution in [3.8, 4) is 0 Å². The molecule has 1 atom stereocenters. The van der Waals surface area contributed by atoms with E-state index in [4.69, 9.17) is 0 Å². The number of nitro benzene ring substituents is 1. The molecule has 0 radical (unpaired) electrons. The summed E-state index contributed by atoms with van der Waals surface area (Å²) in [6.45, 7) is 2.26. The Labute approximate surface area is 171 Å². The lowest BCUT2D eigenvalue weighted by Gasteiger charge is -2.08. The largest absolute Gasteiger partial charge is 0.320 e. The molecule has 0 aliphatic carbocycles. The van der Waals surface area contributed by atoms with E-state index >= 15 is 0 Å². The molecular formula is C20H20N4O4S. The number of carbonyl (C=O) groups excluding carboxylic acids is 2. The Balaban J connectivity index is 1.55. The first-order chi connectivity index (χ1) is 13.9. The summed E-state index contributed by atoms with van der Waals surface area (Å²) in [6, 6.07) is 14.5. The van der Waals surface area contributed by atoms with Gasteiger partial charge in [-0.2, -0.15) is 0 Å². The maximum atomic E-state index is 12.3. The van der Waals surface area contributed by atoms with E-state index in [2.05, 4.69) is 15.6 Å². The van der Waals surface area contributed by atoms with Crippen molar-refractivity contribution in [3.63, 3.8) is 0 Å². The number of amidine groups is 1. The molecule has 0 aromatic heterocycles. The van der Waals surface area contributed by atoms with Gasteiger partial charge >= 0.3 is 0 Å². The molecule has 150 valence electrons. The van der Waals surface area contributed by atoms with Crippen molar-refractivity contribution in [3.05, 3.63) is 69.8 Å². The maximum absolute atomic E-state index is 12.3. The van der Waals surface area contributed by atoms with Crippen molar-refractivity contribution in [1.29, 1.82) is 0 Å². The Bertz CT molecular complexity index is 962. The van der Waals surface area contributed by atoms with E-state index in [9.17, 15) is 19.7 Å². The number of hydrogen-bond donors (Lipinski definition) is 2. The van der Waals surface area contributed by atoms with Crippen LogP contribution in [0.3, 0.4) is 0 Å². The number of amides is 2. The summed E-state index contributed by atoms with van der Waals surface area (Å²) in [7, 11) is 0. The quantitative estimate of drug-likeness (QED) is 0.536. The summed E-state index contributed by atoms with van der Waals surface area (Å²) in [5.41, 5.74) is 1.81. The van der Waals surface area contributed by atoms with Crippen LogP contribution in [0.25, 0.3) is 0 Å². The molecule has 1 aliphatic rings. The molecule has 29 heavy (non-hydrogen) atoms. The zero-order valence-corrected chi connectivity index (χ0v) is 16.6. The van der Waals surface area contributed by atoms with E-state index < -0.39 is 16.1 Å². The molecular weight excluding hydrogens is 392 g/mol. The van der Waals surface area contributed by atoms with Crippen molar-refractivity contribution in [2.75, 3.05) is 11.9 Å². The number of aliphatic imine (C=N–C) groups is 1. The van der Waals surface area contributed by atoms with Gasteiger partial charge in [-0.25, -0.2) is 0 Å². The van der Waals surface area contributed by atoms with Crippen LogP contribution in [0.4, 0.5) is 11.4 Å². The molecule has 2 aromatic rings. The first-order valence-corrected chi connectivity index (χ1v) is 9.91. The number of nitrogens with zero attached hydrogens (tertiary/aromatic N) is 2. The normalized spacial score (nSPS) is 17.2. The third-order valence-electron chi connectivity index (χ3n) is 4.27. The van der Waals surface area contributed by atoms with Crippen molar-refractivity contribution >= 4 is 40.1 Å². The summed E-state index contributed by atoms with van der Waals surface area (Å²) in [4.78, 5) is 39.4. The molecule has 1 fully saturated rings. The predicted octanol–water partition coefficient (Wildman–Crippen LogP) is 3.06. The number of hydrogen-bond acceptors (Lipinski definition) is 6. The lowest BCUT2D eigenvalue weighted by atomic mass is 10.2. The van der Waals surface area contributed by atoms with Gasteiger partial charge in [-0.05, 0) is 30.5 Å². The molecule has 0 bridgehead atoms. The number of benzene rings is 2. The van der Waals surface area contributed by atoms with E-state index in [-0.39, 0.29) is 23.7 Å². The molecule has 9 heteroatoms.